The van der Waals surface area contributed by atoms with Crippen LogP contribution < -0.4 is 15.4 Å². The van der Waals surface area contributed by atoms with Crippen LogP contribution in [0.3, 0.4) is 0 Å². The van der Waals surface area contributed by atoms with Crippen molar-refractivity contribution in [3.8, 4) is 5.75 Å². The van der Waals surface area contributed by atoms with E-state index in [1.807, 2.05) is 42.5 Å². The van der Waals surface area contributed by atoms with E-state index in [1.165, 1.54) is 6.20 Å². The van der Waals surface area contributed by atoms with Gasteiger partial charge in [-0.15, -0.1) is 0 Å². The van der Waals surface area contributed by atoms with Gasteiger partial charge in [-0.3, -0.25) is 4.79 Å². The average Bonchev–Trinajstić information content (AvgIpc) is 2.75. The van der Waals surface area contributed by atoms with Gasteiger partial charge >= 0.3 is 0 Å². The van der Waals surface area contributed by atoms with E-state index in [1.54, 1.807) is 13.3 Å². The van der Waals surface area contributed by atoms with Gasteiger partial charge in [0.25, 0.3) is 5.91 Å². The number of ether oxygens (including phenoxy) is 1. The van der Waals surface area contributed by atoms with Crippen molar-refractivity contribution in [1.82, 2.24) is 15.3 Å². The fourth-order valence-electron chi connectivity index (χ4n) is 2.88. The second kappa shape index (κ2) is 9.50. The average molecular weight is 376 g/mol. The Morgan fingerprint density at radius 1 is 1.04 bits per heavy atom. The molecule has 2 aromatic carbocycles. The Morgan fingerprint density at radius 3 is 2.50 bits per heavy atom. The zero-order valence-corrected chi connectivity index (χ0v) is 16.1. The summed E-state index contributed by atoms with van der Waals surface area (Å²) in [4.78, 5) is 20.8. The fourth-order valence-corrected chi connectivity index (χ4v) is 2.88. The van der Waals surface area contributed by atoms with Gasteiger partial charge in [-0.2, -0.15) is 0 Å². The third-order valence-electron chi connectivity index (χ3n) is 4.42. The molecule has 1 atom stereocenters. The molecule has 144 valence electrons. The lowest BCUT2D eigenvalue weighted by Crippen LogP contribution is -2.26. The molecule has 6 nitrogen and oxygen atoms in total. The number of nitrogens with one attached hydrogen (secondary N) is 2. The maximum atomic E-state index is 12.3. The molecule has 0 spiro atoms. The molecule has 3 aromatic rings. The van der Waals surface area contributed by atoms with Gasteiger partial charge in [0.2, 0.25) is 0 Å². The molecule has 1 heterocycles. The van der Waals surface area contributed by atoms with E-state index in [4.69, 9.17) is 4.74 Å². The van der Waals surface area contributed by atoms with Crippen LogP contribution in [-0.2, 0) is 6.42 Å². The number of benzene rings is 2. The topological polar surface area (TPSA) is 76.1 Å². The molecule has 0 aliphatic heterocycles. The summed E-state index contributed by atoms with van der Waals surface area (Å²) in [5.41, 5.74) is 2.49. The molecule has 0 saturated heterocycles. The summed E-state index contributed by atoms with van der Waals surface area (Å²) >= 11 is 0. The maximum Gasteiger partial charge on any atom is 0.271 e. The Hall–Kier alpha value is -3.41. The molecule has 0 saturated carbocycles. The molecule has 6 heteroatoms. The number of amides is 1. The highest BCUT2D eigenvalue weighted by Crippen LogP contribution is 2.18. The van der Waals surface area contributed by atoms with Crippen LogP contribution in [0.2, 0.25) is 0 Å². The van der Waals surface area contributed by atoms with Crippen molar-refractivity contribution in [3.05, 3.63) is 83.8 Å². The van der Waals surface area contributed by atoms with Gasteiger partial charge in [-0.25, -0.2) is 9.97 Å². The molecule has 1 aromatic heterocycles. The molecule has 2 N–H and O–H groups in total. The SMILES string of the molecule is COc1ccccc1CCNC(=O)c1cnc(NC(C)c2ccccc2)cn1. The number of hydrogen-bond acceptors (Lipinski definition) is 5. The Morgan fingerprint density at radius 2 is 1.79 bits per heavy atom. The Labute approximate surface area is 165 Å². The molecule has 1 amide bonds. The summed E-state index contributed by atoms with van der Waals surface area (Å²) in [7, 11) is 1.64. The van der Waals surface area contributed by atoms with Crippen LogP contribution in [-0.4, -0.2) is 29.5 Å². The first-order valence-electron chi connectivity index (χ1n) is 9.21. The van der Waals surface area contributed by atoms with Crippen molar-refractivity contribution < 1.29 is 9.53 Å². The number of aromatic nitrogens is 2. The minimum atomic E-state index is -0.245. The van der Waals surface area contributed by atoms with E-state index in [2.05, 4.69) is 39.7 Å². The van der Waals surface area contributed by atoms with E-state index < -0.39 is 0 Å². The maximum absolute atomic E-state index is 12.3. The normalized spacial score (nSPS) is 11.5. The first-order valence-corrected chi connectivity index (χ1v) is 9.21. The van der Waals surface area contributed by atoms with Gasteiger partial charge in [0.1, 0.15) is 17.3 Å². The molecular weight excluding hydrogens is 352 g/mol. The van der Waals surface area contributed by atoms with Crippen molar-refractivity contribution in [2.24, 2.45) is 0 Å². The molecule has 0 aliphatic carbocycles. The molecule has 3 rings (SSSR count). The van der Waals surface area contributed by atoms with Crippen LogP contribution in [0.5, 0.6) is 5.75 Å². The minimum absolute atomic E-state index is 0.0935. The van der Waals surface area contributed by atoms with Gasteiger partial charge in [0, 0.05) is 12.6 Å². The lowest BCUT2D eigenvalue weighted by atomic mass is 10.1. The van der Waals surface area contributed by atoms with Gasteiger partial charge in [-0.05, 0) is 30.5 Å². The minimum Gasteiger partial charge on any atom is -0.496 e. The lowest BCUT2D eigenvalue weighted by Gasteiger charge is -2.14. The van der Waals surface area contributed by atoms with Gasteiger partial charge in [0.05, 0.1) is 19.5 Å². The van der Waals surface area contributed by atoms with Gasteiger partial charge in [-0.1, -0.05) is 48.5 Å². The second-order valence-corrected chi connectivity index (χ2v) is 6.38. The summed E-state index contributed by atoms with van der Waals surface area (Å²) in [5, 5.41) is 6.15. The van der Waals surface area contributed by atoms with Crippen LogP contribution in [0.4, 0.5) is 5.82 Å². The monoisotopic (exact) mass is 376 g/mol. The van der Waals surface area contributed by atoms with Crippen LogP contribution in [0.1, 0.15) is 34.6 Å². The molecule has 0 bridgehead atoms. The van der Waals surface area contributed by atoms with Gasteiger partial charge in [0.15, 0.2) is 0 Å². The number of methoxy groups -OCH3 is 1. The number of nitrogens with zero attached hydrogens (tertiary/aromatic N) is 2. The number of hydrogen-bond donors (Lipinski definition) is 2. The van der Waals surface area contributed by atoms with Crippen LogP contribution in [0, 0.1) is 0 Å². The summed E-state index contributed by atoms with van der Waals surface area (Å²) in [6, 6.07) is 17.9. The third kappa shape index (κ3) is 5.07. The molecule has 0 aliphatic rings. The van der Waals surface area contributed by atoms with E-state index >= 15 is 0 Å². The first kappa shape index (κ1) is 19.4. The first-order chi connectivity index (χ1) is 13.7. The number of para-hydroxylation sites is 1. The zero-order valence-electron chi connectivity index (χ0n) is 16.1. The van der Waals surface area contributed by atoms with Crippen molar-refractivity contribution in [2.45, 2.75) is 19.4 Å². The van der Waals surface area contributed by atoms with E-state index in [9.17, 15) is 4.79 Å². The molecule has 1 unspecified atom stereocenters. The summed E-state index contributed by atoms with van der Waals surface area (Å²) in [6.07, 6.45) is 3.74. The largest absolute Gasteiger partial charge is 0.496 e. The predicted molar refractivity (Wildman–Crippen MR) is 110 cm³/mol. The van der Waals surface area contributed by atoms with Gasteiger partial charge < -0.3 is 15.4 Å². The van der Waals surface area contributed by atoms with Crippen molar-refractivity contribution >= 4 is 11.7 Å². The van der Waals surface area contributed by atoms with E-state index in [0.717, 1.165) is 16.9 Å². The number of rotatable bonds is 8. The number of carbonyl (C=O) groups is 1. The summed E-state index contributed by atoms with van der Waals surface area (Å²) in [6.45, 7) is 2.54. The van der Waals surface area contributed by atoms with E-state index in [0.29, 0.717) is 18.8 Å². The van der Waals surface area contributed by atoms with E-state index in [-0.39, 0.29) is 17.6 Å². The highest BCUT2D eigenvalue weighted by Gasteiger charge is 2.10. The summed E-state index contributed by atoms with van der Waals surface area (Å²) < 4.78 is 5.32. The number of carbonyl (C=O) groups excluding carboxylic acids is 1. The Bertz CT molecular complexity index is 898. The van der Waals surface area contributed by atoms with Crippen LogP contribution in [0.25, 0.3) is 0 Å². The van der Waals surface area contributed by atoms with Crippen LogP contribution >= 0.6 is 0 Å². The third-order valence-corrected chi connectivity index (χ3v) is 4.42. The molecule has 0 fully saturated rings. The Balaban J connectivity index is 1.52. The molecular formula is C22H24N4O2. The quantitative estimate of drug-likeness (QED) is 0.628. The zero-order chi connectivity index (χ0) is 19.8. The summed E-state index contributed by atoms with van der Waals surface area (Å²) in [5.74, 6) is 1.20. The van der Waals surface area contributed by atoms with Crippen molar-refractivity contribution in [3.63, 3.8) is 0 Å². The highest BCUT2D eigenvalue weighted by atomic mass is 16.5. The Kier molecular flexibility index (Phi) is 6.57. The predicted octanol–water partition coefficient (Wildman–Crippen LogP) is 3.63. The standard InChI is InChI=1S/C22H24N4O2/c1-16(17-8-4-3-5-9-17)26-21-15-24-19(14-25-21)22(27)23-13-12-18-10-6-7-11-20(18)28-2/h3-11,14-16H,12-13H2,1-2H3,(H,23,27)(H,25,26). The lowest BCUT2D eigenvalue weighted by molar-refractivity contribution is 0.0948. The fraction of sp³-hybridized carbons (Fsp3) is 0.227. The number of anilines is 1. The second-order valence-electron chi connectivity index (χ2n) is 6.38. The van der Waals surface area contributed by atoms with Crippen molar-refractivity contribution in [2.75, 3.05) is 19.0 Å². The molecule has 28 heavy (non-hydrogen) atoms. The highest BCUT2D eigenvalue weighted by molar-refractivity contribution is 5.92. The smallest absolute Gasteiger partial charge is 0.271 e. The van der Waals surface area contributed by atoms with Crippen LogP contribution in [0.15, 0.2) is 67.0 Å². The van der Waals surface area contributed by atoms with Crippen molar-refractivity contribution in [1.29, 1.82) is 0 Å². The molecule has 0 radical (unpaired) electrons.